The van der Waals surface area contributed by atoms with E-state index < -0.39 is 10.0 Å². The van der Waals surface area contributed by atoms with Crippen molar-refractivity contribution < 1.29 is 13.2 Å². The molecule has 7 heteroatoms. The number of sulfonamides is 1. The Bertz CT molecular complexity index is 684. The van der Waals surface area contributed by atoms with Gasteiger partial charge in [0.15, 0.2) is 0 Å². The third kappa shape index (κ3) is 5.94. The number of hydrogen-bond donors (Lipinski definition) is 2. The average molecular weight is 339 g/mol. The topological polar surface area (TPSA) is 78.5 Å². The number of hydrogen-bond acceptors (Lipinski definition) is 3. The highest BCUT2D eigenvalue weighted by atomic mass is 32.2. The van der Waals surface area contributed by atoms with Crippen LogP contribution in [0.25, 0.3) is 0 Å². The van der Waals surface area contributed by atoms with E-state index in [1.54, 1.807) is 36.9 Å². The van der Waals surface area contributed by atoms with E-state index in [4.69, 9.17) is 0 Å². The Morgan fingerprint density at radius 2 is 1.96 bits per heavy atom. The van der Waals surface area contributed by atoms with Crippen LogP contribution < -0.4 is 10.0 Å². The van der Waals surface area contributed by atoms with Crippen LogP contribution >= 0.6 is 0 Å². The van der Waals surface area contributed by atoms with E-state index in [9.17, 15) is 13.2 Å². The zero-order valence-electron chi connectivity index (χ0n) is 14.1. The second-order valence-electron chi connectivity index (χ2n) is 5.44. The average Bonchev–Trinajstić information content (AvgIpc) is 2.47. The maximum absolute atomic E-state index is 12.2. The Kier molecular flexibility index (Phi) is 6.62. The van der Waals surface area contributed by atoms with Crippen LogP contribution in [0.4, 0.5) is 16.2 Å². The van der Waals surface area contributed by atoms with Gasteiger partial charge in [0.05, 0.1) is 11.4 Å². The smallest absolute Gasteiger partial charge is 0.321 e. The minimum atomic E-state index is -3.32. The summed E-state index contributed by atoms with van der Waals surface area (Å²) in [4.78, 5) is 13.9. The van der Waals surface area contributed by atoms with Gasteiger partial charge in [-0.25, -0.2) is 13.2 Å². The van der Waals surface area contributed by atoms with E-state index in [1.165, 1.54) is 0 Å². The number of nitrogens with zero attached hydrogens (tertiary/aromatic N) is 1. The molecule has 0 aliphatic heterocycles. The van der Waals surface area contributed by atoms with Crippen LogP contribution in [-0.4, -0.2) is 38.2 Å². The Balaban J connectivity index is 2.85. The molecule has 0 bridgehead atoms. The molecule has 0 radical (unpaired) electrons. The third-order valence-electron chi connectivity index (χ3n) is 3.25. The molecule has 6 nitrogen and oxygen atoms in total. The van der Waals surface area contributed by atoms with Gasteiger partial charge in [-0.15, -0.1) is 0 Å². The fourth-order valence-corrected chi connectivity index (χ4v) is 2.66. The van der Waals surface area contributed by atoms with E-state index in [-0.39, 0.29) is 11.8 Å². The van der Waals surface area contributed by atoms with Crippen molar-refractivity contribution in [1.29, 1.82) is 0 Å². The number of aryl methyl sites for hydroxylation is 1. The summed E-state index contributed by atoms with van der Waals surface area (Å²) < 4.78 is 25.8. The predicted octanol–water partition coefficient (Wildman–Crippen LogP) is 3.19. The van der Waals surface area contributed by atoms with Crippen LogP contribution in [0, 0.1) is 6.92 Å². The molecule has 128 valence electrons. The minimum Gasteiger partial charge on any atom is -0.321 e. The number of rotatable bonds is 7. The monoisotopic (exact) mass is 339 g/mol. The number of urea groups is 1. The van der Waals surface area contributed by atoms with Crippen molar-refractivity contribution in [2.24, 2.45) is 0 Å². The molecule has 0 saturated heterocycles. The molecule has 2 amide bonds. The largest absolute Gasteiger partial charge is 0.322 e. The maximum atomic E-state index is 12.2. The Labute approximate surface area is 138 Å². The Morgan fingerprint density at radius 1 is 1.30 bits per heavy atom. The number of amides is 2. The summed E-state index contributed by atoms with van der Waals surface area (Å²) in [6.07, 6.45) is 0. The zero-order chi connectivity index (χ0) is 17.6. The molecular weight excluding hydrogens is 314 g/mol. The van der Waals surface area contributed by atoms with E-state index in [0.717, 1.165) is 11.1 Å². The van der Waals surface area contributed by atoms with Gasteiger partial charge in [0.1, 0.15) is 0 Å². The lowest BCUT2D eigenvalue weighted by Crippen LogP contribution is -2.35. The van der Waals surface area contributed by atoms with E-state index in [1.807, 2.05) is 13.8 Å². The number of carbonyl (C=O) groups is 1. The molecule has 0 aliphatic rings. The fourth-order valence-electron chi connectivity index (χ4n) is 1.95. The van der Waals surface area contributed by atoms with Gasteiger partial charge in [0.25, 0.3) is 0 Å². The highest BCUT2D eigenvalue weighted by molar-refractivity contribution is 7.92. The molecule has 0 unspecified atom stereocenters. The molecule has 0 spiro atoms. The highest BCUT2D eigenvalue weighted by Gasteiger charge is 2.13. The van der Waals surface area contributed by atoms with Crippen LogP contribution in [0.1, 0.15) is 26.3 Å². The lowest BCUT2D eigenvalue weighted by atomic mass is 10.2. The van der Waals surface area contributed by atoms with Gasteiger partial charge in [-0.05, 0) is 51.5 Å². The zero-order valence-corrected chi connectivity index (χ0v) is 15.0. The van der Waals surface area contributed by atoms with Crippen LogP contribution in [-0.2, 0) is 10.0 Å². The summed E-state index contributed by atoms with van der Waals surface area (Å²) in [5.74, 6) is 0.0112. The molecule has 0 aliphatic carbocycles. The molecule has 1 rings (SSSR count). The van der Waals surface area contributed by atoms with Gasteiger partial charge in [0.2, 0.25) is 10.0 Å². The van der Waals surface area contributed by atoms with Crippen molar-refractivity contribution in [2.45, 2.75) is 27.7 Å². The standard InChI is InChI=1S/C16H25N3O3S/c1-6-19(11-12(3)4)16(20)17-14-8-9-15(13(5)10-14)18-23(21,22)7-2/h8-10,18H,3,6-7,11H2,1-2,4-5H3,(H,17,20). The van der Waals surface area contributed by atoms with Crippen LogP contribution in [0.15, 0.2) is 30.4 Å². The fraction of sp³-hybridized carbons (Fsp3) is 0.438. The minimum absolute atomic E-state index is 0.0112. The second-order valence-corrected chi connectivity index (χ2v) is 7.45. The van der Waals surface area contributed by atoms with Crippen LogP contribution in [0.2, 0.25) is 0 Å². The summed E-state index contributed by atoms with van der Waals surface area (Å²) >= 11 is 0. The summed E-state index contributed by atoms with van der Waals surface area (Å²) in [6.45, 7) is 12.0. The molecule has 23 heavy (non-hydrogen) atoms. The van der Waals surface area contributed by atoms with E-state index in [2.05, 4.69) is 16.6 Å². The lowest BCUT2D eigenvalue weighted by Gasteiger charge is -2.21. The second kappa shape index (κ2) is 8.01. The Hall–Kier alpha value is -2.02. The first-order valence-corrected chi connectivity index (χ1v) is 9.15. The van der Waals surface area contributed by atoms with Gasteiger partial charge in [-0.3, -0.25) is 4.72 Å². The first kappa shape index (κ1) is 19.0. The SMILES string of the molecule is C=C(C)CN(CC)C(=O)Nc1ccc(NS(=O)(=O)CC)c(C)c1. The summed E-state index contributed by atoms with van der Waals surface area (Å²) in [7, 11) is -3.32. The molecule has 0 aromatic heterocycles. The van der Waals surface area contributed by atoms with Crippen molar-refractivity contribution in [3.05, 3.63) is 35.9 Å². The quantitative estimate of drug-likeness (QED) is 0.749. The number of nitrogens with one attached hydrogen (secondary N) is 2. The molecule has 0 atom stereocenters. The molecule has 0 saturated carbocycles. The predicted molar refractivity (Wildman–Crippen MR) is 95.3 cm³/mol. The van der Waals surface area contributed by atoms with Crippen molar-refractivity contribution in [3.8, 4) is 0 Å². The third-order valence-corrected chi connectivity index (χ3v) is 4.54. The first-order valence-electron chi connectivity index (χ1n) is 7.50. The number of carbonyl (C=O) groups excluding carboxylic acids is 1. The Morgan fingerprint density at radius 3 is 2.43 bits per heavy atom. The molecule has 0 heterocycles. The first-order chi connectivity index (χ1) is 10.7. The molecular formula is C16H25N3O3S. The summed E-state index contributed by atoms with van der Waals surface area (Å²) in [5, 5.41) is 2.81. The summed E-state index contributed by atoms with van der Waals surface area (Å²) in [5.41, 5.74) is 2.77. The van der Waals surface area contributed by atoms with E-state index in [0.29, 0.717) is 24.5 Å². The van der Waals surface area contributed by atoms with Crippen molar-refractivity contribution in [2.75, 3.05) is 28.9 Å². The van der Waals surface area contributed by atoms with Gasteiger partial charge >= 0.3 is 6.03 Å². The van der Waals surface area contributed by atoms with Gasteiger partial charge in [-0.1, -0.05) is 12.2 Å². The highest BCUT2D eigenvalue weighted by Crippen LogP contribution is 2.21. The van der Waals surface area contributed by atoms with Gasteiger partial charge in [0, 0.05) is 18.8 Å². The van der Waals surface area contributed by atoms with Crippen molar-refractivity contribution >= 4 is 27.4 Å². The number of benzene rings is 1. The number of anilines is 2. The van der Waals surface area contributed by atoms with Crippen molar-refractivity contribution in [1.82, 2.24) is 4.90 Å². The number of likely N-dealkylation sites (N-methyl/N-ethyl adjacent to an activating group) is 1. The van der Waals surface area contributed by atoms with Gasteiger partial charge in [-0.2, -0.15) is 0 Å². The maximum Gasteiger partial charge on any atom is 0.322 e. The molecule has 1 aromatic rings. The van der Waals surface area contributed by atoms with Gasteiger partial charge < -0.3 is 10.2 Å². The molecule has 0 fully saturated rings. The summed E-state index contributed by atoms with van der Waals surface area (Å²) in [6, 6.07) is 4.84. The van der Waals surface area contributed by atoms with Crippen LogP contribution in [0.3, 0.4) is 0 Å². The van der Waals surface area contributed by atoms with Crippen LogP contribution in [0.5, 0.6) is 0 Å². The normalized spacial score (nSPS) is 11.0. The molecule has 2 N–H and O–H groups in total. The van der Waals surface area contributed by atoms with Crippen molar-refractivity contribution in [3.63, 3.8) is 0 Å². The molecule has 1 aromatic carbocycles. The lowest BCUT2D eigenvalue weighted by molar-refractivity contribution is 0.218. The van der Waals surface area contributed by atoms with E-state index >= 15 is 0 Å².